The lowest BCUT2D eigenvalue weighted by Gasteiger charge is -2.12. The topological polar surface area (TPSA) is 79.4 Å². The number of nitrogens with one attached hydrogen (secondary N) is 1. The van der Waals surface area contributed by atoms with Crippen LogP contribution in [0.5, 0.6) is 0 Å². The molecular weight excluding hydrogens is 369 g/mol. The summed E-state index contributed by atoms with van der Waals surface area (Å²) in [6.45, 7) is -0.391. The van der Waals surface area contributed by atoms with Gasteiger partial charge in [0.15, 0.2) is 5.13 Å². The van der Waals surface area contributed by atoms with Gasteiger partial charge in [0.2, 0.25) is 5.91 Å². The molecule has 0 spiro atoms. The Bertz CT molecular complexity index is 1030. The number of anilines is 1. The normalized spacial score (nSPS) is 13.0. The quantitative estimate of drug-likeness (QED) is 0.704. The summed E-state index contributed by atoms with van der Waals surface area (Å²) in [6.07, 6.45) is 0. The highest BCUT2D eigenvalue weighted by Crippen LogP contribution is 2.26. The smallest absolute Gasteiger partial charge is 0.262 e. The van der Waals surface area contributed by atoms with Crippen LogP contribution in [-0.4, -0.2) is 34.2 Å². The molecule has 0 saturated carbocycles. The number of benzene rings is 2. The maximum Gasteiger partial charge on any atom is 0.262 e. The van der Waals surface area contributed by atoms with Crippen LogP contribution < -0.4 is 5.32 Å². The van der Waals surface area contributed by atoms with Crippen LogP contribution in [-0.2, 0) is 4.79 Å². The van der Waals surface area contributed by atoms with E-state index < -0.39 is 24.3 Å². The molecule has 1 N–H and O–H groups in total. The molecule has 3 amide bonds. The van der Waals surface area contributed by atoms with Crippen LogP contribution in [0.1, 0.15) is 20.7 Å². The molecule has 134 valence electrons. The molecule has 2 heterocycles. The van der Waals surface area contributed by atoms with E-state index in [2.05, 4.69) is 10.3 Å². The molecule has 0 radical (unpaired) electrons. The van der Waals surface area contributed by atoms with Crippen molar-refractivity contribution in [1.29, 1.82) is 0 Å². The first-order chi connectivity index (χ1) is 13.0. The first-order valence-electron chi connectivity index (χ1n) is 7.99. The number of hydrogen-bond acceptors (Lipinski definition) is 5. The second-order valence-electron chi connectivity index (χ2n) is 5.84. The largest absolute Gasteiger partial charge is 0.300 e. The van der Waals surface area contributed by atoms with Crippen LogP contribution in [0.4, 0.5) is 9.52 Å². The zero-order valence-corrected chi connectivity index (χ0v) is 14.6. The Balaban J connectivity index is 1.44. The van der Waals surface area contributed by atoms with Gasteiger partial charge in [0.25, 0.3) is 11.8 Å². The molecule has 8 heteroatoms. The van der Waals surface area contributed by atoms with Crippen molar-refractivity contribution in [1.82, 2.24) is 9.88 Å². The van der Waals surface area contributed by atoms with E-state index in [1.807, 2.05) is 0 Å². The van der Waals surface area contributed by atoms with Crippen LogP contribution in [0.2, 0.25) is 0 Å². The molecule has 0 aliphatic carbocycles. The van der Waals surface area contributed by atoms with Crippen molar-refractivity contribution in [2.45, 2.75) is 0 Å². The highest BCUT2D eigenvalue weighted by atomic mass is 32.1. The van der Waals surface area contributed by atoms with Crippen LogP contribution in [0.3, 0.4) is 0 Å². The molecule has 0 atom stereocenters. The SMILES string of the molecule is O=C(CN1C(=O)c2ccccc2C1=O)Nc1nc(-c2ccc(F)cc2)cs1. The molecule has 4 rings (SSSR count). The number of halogens is 1. The van der Waals surface area contributed by atoms with E-state index in [1.54, 1.807) is 41.8 Å². The predicted molar refractivity (Wildman–Crippen MR) is 97.9 cm³/mol. The third-order valence-electron chi connectivity index (χ3n) is 4.07. The summed E-state index contributed by atoms with van der Waals surface area (Å²) in [7, 11) is 0. The Kier molecular flexibility index (Phi) is 4.25. The summed E-state index contributed by atoms with van der Waals surface area (Å²) in [4.78, 5) is 42.0. The fourth-order valence-electron chi connectivity index (χ4n) is 2.77. The lowest BCUT2D eigenvalue weighted by molar-refractivity contribution is -0.116. The molecule has 0 saturated heterocycles. The van der Waals surface area contributed by atoms with Crippen molar-refractivity contribution in [3.8, 4) is 11.3 Å². The second-order valence-corrected chi connectivity index (χ2v) is 6.69. The molecule has 1 aliphatic heterocycles. The van der Waals surface area contributed by atoms with Gasteiger partial charge in [-0.2, -0.15) is 0 Å². The number of carbonyl (C=O) groups is 3. The Hall–Kier alpha value is -3.39. The fraction of sp³-hybridized carbons (Fsp3) is 0.0526. The van der Waals surface area contributed by atoms with Crippen LogP contribution in [0.25, 0.3) is 11.3 Å². The van der Waals surface area contributed by atoms with Crippen molar-refractivity contribution >= 4 is 34.2 Å². The van der Waals surface area contributed by atoms with Gasteiger partial charge in [0, 0.05) is 10.9 Å². The fourth-order valence-corrected chi connectivity index (χ4v) is 3.51. The number of aromatic nitrogens is 1. The van der Waals surface area contributed by atoms with E-state index in [1.165, 1.54) is 23.5 Å². The minimum atomic E-state index is -0.524. The Morgan fingerprint density at radius 2 is 1.67 bits per heavy atom. The van der Waals surface area contributed by atoms with Gasteiger partial charge >= 0.3 is 0 Å². The number of carbonyl (C=O) groups excluding carboxylic acids is 3. The molecule has 0 unspecified atom stereocenters. The number of thiazole rings is 1. The van der Waals surface area contributed by atoms with Gasteiger partial charge in [-0.05, 0) is 36.4 Å². The van der Waals surface area contributed by atoms with E-state index in [-0.39, 0.29) is 5.82 Å². The van der Waals surface area contributed by atoms with Crippen molar-refractivity contribution in [2.75, 3.05) is 11.9 Å². The molecular formula is C19H12FN3O3S. The zero-order valence-electron chi connectivity index (χ0n) is 13.8. The van der Waals surface area contributed by atoms with Crippen LogP contribution in [0.15, 0.2) is 53.9 Å². The maximum absolute atomic E-state index is 13.0. The third kappa shape index (κ3) is 3.22. The van der Waals surface area contributed by atoms with E-state index in [4.69, 9.17) is 0 Å². The molecule has 0 fully saturated rings. The highest BCUT2D eigenvalue weighted by molar-refractivity contribution is 7.14. The van der Waals surface area contributed by atoms with Crippen molar-refractivity contribution < 1.29 is 18.8 Å². The minimum absolute atomic E-state index is 0.295. The summed E-state index contributed by atoms with van der Waals surface area (Å²) >= 11 is 1.20. The number of rotatable bonds is 4. The monoisotopic (exact) mass is 381 g/mol. The van der Waals surface area contributed by atoms with Gasteiger partial charge in [-0.1, -0.05) is 12.1 Å². The van der Waals surface area contributed by atoms with Gasteiger partial charge in [-0.3, -0.25) is 19.3 Å². The van der Waals surface area contributed by atoms with Gasteiger partial charge < -0.3 is 5.32 Å². The maximum atomic E-state index is 13.0. The molecule has 1 aliphatic rings. The number of fused-ring (bicyclic) bond motifs is 1. The summed E-state index contributed by atoms with van der Waals surface area (Å²) in [5, 5.41) is 4.64. The number of imide groups is 1. The molecule has 2 aromatic carbocycles. The van der Waals surface area contributed by atoms with E-state index >= 15 is 0 Å². The predicted octanol–water partition coefficient (Wildman–Crippen LogP) is 3.18. The summed E-state index contributed by atoms with van der Waals surface area (Å²) in [6, 6.07) is 12.3. The summed E-state index contributed by atoms with van der Waals surface area (Å²) < 4.78 is 13.0. The molecule has 6 nitrogen and oxygen atoms in total. The molecule has 27 heavy (non-hydrogen) atoms. The second kappa shape index (κ2) is 6.73. The Morgan fingerprint density at radius 3 is 2.30 bits per heavy atom. The average molecular weight is 381 g/mol. The van der Waals surface area contributed by atoms with Crippen molar-refractivity contribution in [2.24, 2.45) is 0 Å². The van der Waals surface area contributed by atoms with Crippen LogP contribution in [0, 0.1) is 5.82 Å². The standard InChI is InChI=1S/C19H12FN3O3S/c20-12-7-5-11(6-8-12)15-10-27-19(21-15)22-16(24)9-23-17(25)13-3-1-2-4-14(13)18(23)26/h1-8,10H,9H2,(H,21,22,24). The average Bonchev–Trinajstić information content (AvgIpc) is 3.22. The van der Waals surface area contributed by atoms with Gasteiger partial charge in [-0.25, -0.2) is 9.37 Å². The first-order valence-corrected chi connectivity index (χ1v) is 8.87. The van der Waals surface area contributed by atoms with Crippen molar-refractivity contribution in [3.63, 3.8) is 0 Å². The van der Waals surface area contributed by atoms with E-state index in [9.17, 15) is 18.8 Å². The number of nitrogens with zero attached hydrogens (tertiary/aromatic N) is 2. The van der Waals surface area contributed by atoms with E-state index in [0.717, 1.165) is 4.90 Å². The minimum Gasteiger partial charge on any atom is -0.300 e. The van der Waals surface area contributed by atoms with Gasteiger partial charge in [0.1, 0.15) is 12.4 Å². The zero-order chi connectivity index (χ0) is 19.0. The molecule has 0 bridgehead atoms. The third-order valence-corrected chi connectivity index (χ3v) is 4.83. The lowest BCUT2D eigenvalue weighted by atomic mass is 10.1. The molecule has 1 aromatic heterocycles. The van der Waals surface area contributed by atoms with E-state index in [0.29, 0.717) is 27.5 Å². The van der Waals surface area contributed by atoms with Gasteiger partial charge in [-0.15, -0.1) is 11.3 Å². The first kappa shape index (κ1) is 17.0. The Morgan fingerprint density at radius 1 is 1.04 bits per heavy atom. The summed E-state index contributed by atoms with van der Waals surface area (Å²) in [5.41, 5.74) is 1.90. The Labute approximate surface area is 157 Å². The van der Waals surface area contributed by atoms with Gasteiger partial charge in [0.05, 0.1) is 16.8 Å². The lowest BCUT2D eigenvalue weighted by Crippen LogP contribution is -2.37. The highest BCUT2D eigenvalue weighted by Gasteiger charge is 2.36. The summed E-state index contributed by atoms with van der Waals surface area (Å²) in [5.74, 6) is -1.85. The molecule has 3 aromatic rings. The number of amides is 3. The number of hydrogen-bond donors (Lipinski definition) is 1. The van der Waals surface area contributed by atoms with Crippen molar-refractivity contribution in [3.05, 3.63) is 70.9 Å². The van der Waals surface area contributed by atoms with Crippen LogP contribution >= 0.6 is 11.3 Å².